The van der Waals surface area contributed by atoms with E-state index in [4.69, 9.17) is 5.73 Å². The van der Waals surface area contributed by atoms with E-state index in [1.54, 1.807) is 0 Å². The third-order valence-electron chi connectivity index (χ3n) is 3.57. The van der Waals surface area contributed by atoms with Crippen molar-refractivity contribution in [3.05, 3.63) is 30.3 Å². The summed E-state index contributed by atoms with van der Waals surface area (Å²) in [6.07, 6.45) is 0. The van der Waals surface area contributed by atoms with Crippen molar-refractivity contribution in [1.82, 2.24) is 0 Å². The van der Waals surface area contributed by atoms with Gasteiger partial charge >= 0.3 is 0 Å². The van der Waals surface area contributed by atoms with E-state index in [2.05, 4.69) is 29.2 Å². The molecule has 4 nitrogen and oxygen atoms in total. The Morgan fingerprint density at radius 2 is 1.88 bits per heavy atom. The molecule has 1 aliphatic rings. The molecular weight excluding hydrogens is 214 g/mol. The maximum Gasteiger partial charge on any atom is 0.275 e. The van der Waals surface area contributed by atoms with Crippen molar-refractivity contribution in [3.63, 3.8) is 0 Å². The molecule has 1 saturated heterocycles. The summed E-state index contributed by atoms with van der Waals surface area (Å²) in [5, 5.41) is 0. The lowest BCUT2D eigenvalue weighted by atomic mass is 10.2. The second kappa shape index (κ2) is 5.19. The second-order valence-corrected chi connectivity index (χ2v) is 4.60. The number of amides is 1. The van der Waals surface area contributed by atoms with Gasteiger partial charge in [-0.3, -0.25) is 4.79 Å². The summed E-state index contributed by atoms with van der Waals surface area (Å²) in [7, 11) is 0. The van der Waals surface area contributed by atoms with Crippen LogP contribution in [0.1, 0.15) is 6.92 Å². The van der Waals surface area contributed by atoms with Crippen molar-refractivity contribution in [2.75, 3.05) is 31.1 Å². The summed E-state index contributed by atoms with van der Waals surface area (Å²) in [6.45, 7) is 5.82. The Labute approximate surface area is 102 Å². The van der Waals surface area contributed by atoms with Crippen LogP contribution in [0.4, 0.5) is 5.69 Å². The Bertz CT molecular complexity index is 372. The van der Waals surface area contributed by atoms with Crippen LogP contribution >= 0.6 is 0 Å². The number of nitrogens with two attached hydrogens (primary N) is 1. The first-order valence-electron chi connectivity index (χ1n) is 6.12. The Hall–Kier alpha value is -1.55. The smallest absolute Gasteiger partial charge is 0.275 e. The molecule has 92 valence electrons. The molecule has 2 rings (SSSR count). The summed E-state index contributed by atoms with van der Waals surface area (Å²) in [5.41, 5.74) is 6.60. The molecule has 1 fully saturated rings. The maximum absolute atomic E-state index is 11.1. The predicted octanol–water partition coefficient (Wildman–Crippen LogP) is -0.735. The van der Waals surface area contributed by atoms with Gasteiger partial charge in [-0.05, 0) is 19.1 Å². The van der Waals surface area contributed by atoms with Crippen molar-refractivity contribution < 1.29 is 9.69 Å². The number of piperazine rings is 1. The van der Waals surface area contributed by atoms with E-state index in [9.17, 15) is 4.79 Å². The predicted molar refractivity (Wildman–Crippen MR) is 68.0 cm³/mol. The van der Waals surface area contributed by atoms with Gasteiger partial charge in [-0.25, -0.2) is 0 Å². The first-order valence-corrected chi connectivity index (χ1v) is 6.12. The molecule has 0 radical (unpaired) electrons. The minimum absolute atomic E-state index is 0.0760. The highest BCUT2D eigenvalue weighted by atomic mass is 16.1. The monoisotopic (exact) mass is 234 g/mol. The summed E-state index contributed by atoms with van der Waals surface area (Å²) in [4.78, 5) is 14.8. The zero-order chi connectivity index (χ0) is 12.3. The first kappa shape index (κ1) is 11.9. The van der Waals surface area contributed by atoms with Crippen LogP contribution in [0.15, 0.2) is 30.3 Å². The fraction of sp³-hybridized carbons (Fsp3) is 0.462. The first-order chi connectivity index (χ1) is 8.18. The Balaban J connectivity index is 1.93. The molecule has 1 aromatic rings. The summed E-state index contributed by atoms with van der Waals surface area (Å²) in [6, 6.07) is 10.3. The van der Waals surface area contributed by atoms with Gasteiger partial charge in [0.25, 0.3) is 5.91 Å². The normalized spacial score (nSPS) is 19.0. The highest BCUT2D eigenvalue weighted by Crippen LogP contribution is 2.12. The average Bonchev–Trinajstić information content (AvgIpc) is 2.39. The van der Waals surface area contributed by atoms with Gasteiger partial charge in [-0.15, -0.1) is 0 Å². The molecule has 1 atom stereocenters. The number of nitrogens with zero attached hydrogens (tertiary/aromatic N) is 1. The molecule has 0 aliphatic carbocycles. The minimum Gasteiger partial charge on any atom is -0.365 e. The number of nitrogens with one attached hydrogen (secondary N) is 1. The average molecular weight is 234 g/mol. The lowest BCUT2D eigenvalue weighted by Gasteiger charge is -2.35. The van der Waals surface area contributed by atoms with E-state index < -0.39 is 0 Å². The molecule has 17 heavy (non-hydrogen) atoms. The zero-order valence-corrected chi connectivity index (χ0v) is 10.2. The van der Waals surface area contributed by atoms with Gasteiger partial charge in [0.1, 0.15) is 0 Å². The number of hydrogen-bond donors (Lipinski definition) is 2. The fourth-order valence-electron chi connectivity index (χ4n) is 2.33. The van der Waals surface area contributed by atoms with Gasteiger partial charge in [-0.1, -0.05) is 18.2 Å². The lowest BCUT2D eigenvalue weighted by molar-refractivity contribution is -0.914. The molecule has 1 amide bonds. The Morgan fingerprint density at radius 3 is 2.41 bits per heavy atom. The van der Waals surface area contributed by atoms with Crippen LogP contribution in [0.2, 0.25) is 0 Å². The summed E-state index contributed by atoms with van der Waals surface area (Å²) < 4.78 is 0. The van der Waals surface area contributed by atoms with Gasteiger partial charge in [0.05, 0.1) is 26.2 Å². The number of anilines is 1. The summed E-state index contributed by atoms with van der Waals surface area (Å²) in [5.74, 6) is -0.201. The van der Waals surface area contributed by atoms with Crippen molar-refractivity contribution in [2.24, 2.45) is 5.73 Å². The SMILES string of the molecule is C[C@@H](C(N)=O)[NH+]1CCN(c2ccccc2)CC1. The van der Waals surface area contributed by atoms with Crippen molar-refractivity contribution in [1.29, 1.82) is 0 Å². The van der Waals surface area contributed by atoms with E-state index >= 15 is 0 Å². The topological polar surface area (TPSA) is 50.8 Å². The van der Waals surface area contributed by atoms with Crippen molar-refractivity contribution >= 4 is 11.6 Å². The van der Waals surface area contributed by atoms with E-state index in [1.807, 2.05) is 13.0 Å². The zero-order valence-electron chi connectivity index (χ0n) is 10.2. The van der Waals surface area contributed by atoms with Gasteiger partial charge < -0.3 is 15.5 Å². The number of rotatable bonds is 3. The molecule has 0 aromatic heterocycles. The molecule has 0 unspecified atom stereocenters. The van der Waals surface area contributed by atoms with E-state index in [1.165, 1.54) is 10.6 Å². The van der Waals surface area contributed by atoms with E-state index in [0.29, 0.717) is 0 Å². The van der Waals surface area contributed by atoms with Crippen molar-refractivity contribution in [2.45, 2.75) is 13.0 Å². The second-order valence-electron chi connectivity index (χ2n) is 4.60. The van der Waals surface area contributed by atoms with Crippen LogP contribution in [0.3, 0.4) is 0 Å². The number of quaternary nitrogens is 1. The highest BCUT2D eigenvalue weighted by Gasteiger charge is 2.27. The van der Waals surface area contributed by atoms with Crippen LogP contribution < -0.4 is 15.5 Å². The van der Waals surface area contributed by atoms with Gasteiger partial charge in [0.2, 0.25) is 0 Å². The molecule has 3 N–H and O–H groups in total. The van der Waals surface area contributed by atoms with Crippen LogP contribution in [-0.4, -0.2) is 38.1 Å². The quantitative estimate of drug-likeness (QED) is 0.724. The van der Waals surface area contributed by atoms with Gasteiger partial charge in [-0.2, -0.15) is 0 Å². The molecular formula is C13H20N3O+. The van der Waals surface area contributed by atoms with Gasteiger partial charge in [0.15, 0.2) is 6.04 Å². The minimum atomic E-state index is -0.201. The van der Waals surface area contributed by atoms with E-state index in [-0.39, 0.29) is 11.9 Å². The highest BCUT2D eigenvalue weighted by molar-refractivity contribution is 5.77. The van der Waals surface area contributed by atoms with Crippen LogP contribution in [-0.2, 0) is 4.79 Å². The Kier molecular flexibility index (Phi) is 3.64. The largest absolute Gasteiger partial charge is 0.365 e. The lowest BCUT2D eigenvalue weighted by Crippen LogP contribution is -3.19. The summed E-state index contributed by atoms with van der Waals surface area (Å²) >= 11 is 0. The van der Waals surface area contributed by atoms with Crippen LogP contribution in [0.5, 0.6) is 0 Å². The number of carbonyl (C=O) groups excluding carboxylic acids is 1. The molecule has 1 heterocycles. The number of primary amides is 1. The van der Waals surface area contributed by atoms with E-state index in [0.717, 1.165) is 26.2 Å². The van der Waals surface area contributed by atoms with Crippen molar-refractivity contribution in [3.8, 4) is 0 Å². The molecule has 0 spiro atoms. The third kappa shape index (κ3) is 2.77. The molecule has 1 aliphatic heterocycles. The maximum atomic E-state index is 11.1. The third-order valence-corrected chi connectivity index (χ3v) is 3.57. The van der Waals surface area contributed by atoms with Gasteiger partial charge in [0, 0.05) is 5.69 Å². The number of hydrogen-bond acceptors (Lipinski definition) is 2. The number of benzene rings is 1. The molecule has 4 heteroatoms. The number of carbonyl (C=O) groups is 1. The Morgan fingerprint density at radius 1 is 1.29 bits per heavy atom. The number of para-hydroxylation sites is 1. The van der Waals surface area contributed by atoms with Crippen LogP contribution in [0.25, 0.3) is 0 Å². The fourth-order valence-corrected chi connectivity index (χ4v) is 2.33. The molecule has 1 aromatic carbocycles. The van der Waals surface area contributed by atoms with Crippen LogP contribution in [0, 0.1) is 0 Å². The standard InChI is InChI=1S/C13H19N3O/c1-11(13(14)17)15-7-9-16(10-8-15)12-5-3-2-4-6-12/h2-6,11H,7-10H2,1H3,(H2,14,17)/p+1/t11-/m0/s1. The molecule has 0 saturated carbocycles. The molecule has 0 bridgehead atoms.